The third-order valence-electron chi connectivity index (χ3n) is 5.98. The SMILES string of the molecule is COc1ccc(N2C(N)=C(C#N)C(c3ccc(C)cc3C)C3=C2CCCC3=O)cc1. The van der Waals surface area contributed by atoms with Gasteiger partial charge in [0, 0.05) is 23.4 Å². The first-order valence-corrected chi connectivity index (χ1v) is 10.1. The van der Waals surface area contributed by atoms with Gasteiger partial charge in [-0.05, 0) is 62.1 Å². The second kappa shape index (κ2) is 7.72. The van der Waals surface area contributed by atoms with Crippen LogP contribution in [0.2, 0.25) is 0 Å². The third kappa shape index (κ3) is 3.15. The minimum Gasteiger partial charge on any atom is -0.497 e. The highest BCUT2D eigenvalue weighted by molar-refractivity contribution is 6.01. The Morgan fingerprint density at radius 3 is 2.50 bits per heavy atom. The van der Waals surface area contributed by atoms with Gasteiger partial charge in [0.25, 0.3) is 0 Å². The number of nitrogens with two attached hydrogens (primary N) is 1. The summed E-state index contributed by atoms with van der Waals surface area (Å²) in [7, 11) is 1.62. The fraction of sp³-hybridized carbons (Fsp3) is 0.280. The monoisotopic (exact) mass is 399 g/mol. The number of aryl methyl sites for hydroxylation is 2. The molecule has 0 fully saturated rings. The van der Waals surface area contributed by atoms with E-state index in [1.165, 1.54) is 0 Å². The fourth-order valence-electron chi connectivity index (χ4n) is 4.57. The quantitative estimate of drug-likeness (QED) is 0.815. The summed E-state index contributed by atoms with van der Waals surface area (Å²) < 4.78 is 5.27. The van der Waals surface area contributed by atoms with Crippen LogP contribution in [0.5, 0.6) is 5.75 Å². The molecule has 5 heteroatoms. The normalized spacial score (nSPS) is 18.9. The maximum Gasteiger partial charge on any atom is 0.161 e. The molecule has 152 valence electrons. The number of nitriles is 1. The molecule has 1 unspecified atom stereocenters. The molecule has 2 aliphatic rings. The molecule has 0 saturated heterocycles. The lowest BCUT2D eigenvalue weighted by Gasteiger charge is -2.40. The van der Waals surface area contributed by atoms with Crippen molar-refractivity contribution in [1.82, 2.24) is 0 Å². The summed E-state index contributed by atoms with van der Waals surface area (Å²) in [5, 5.41) is 10.1. The maximum absolute atomic E-state index is 13.2. The van der Waals surface area contributed by atoms with Crippen LogP contribution in [0.3, 0.4) is 0 Å². The average molecular weight is 399 g/mol. The lowest BCUT2D eigenvalue weighted by atomic mass is 9.74. The highest BCUT2D eigenvalue weighted by atomic mass is 16.5. The molecule has 2 aromatic rings. The summed E-state index contributed by atoms with van der Waals surface area (Å²) in [6.07, 6.45) is 2.02. The standard InChI is InChI=1S/C25H25N3O2/c1-15-7-12-19(16(2)13-15)23-20(14-26)25(27)28(17-8-10-18(30-3)11-9-17)21-5-4-6-22(29)24(21)23/h7-13,23H,4-6,27H2,1-3H3. The van der Waals surface area contributed by atoms with Gasteiger partial charge >= 0.3 is 0 Å². The first-order chi connectivity index (χ1) is 14.5. The summed E-state index contributed by atoms with van der Waals surface area (Å²) in [5.41, 5.74) is 12.6. The molecule has 0 bridgehead atoms. The Morgan fingerprint density at radius 1 is 1.13 bits per heavy atom. The van der Waals surface area contributed by atoms with Crippen molar-refractivity contribution in [3.05, 3.63) is 81.8 Å². The Labute approximate surface area is 177 Å². The Hall–Kier alpha value is -3.52. The second-order valence-corrected chi connectivity index (χ2v) is 7.87. The number of Topliss-reactive ketones (excluding diaryl/α,β-unsaturated/α-hetero) is 1. The van der Waals surface area contributed by atoms with Gasteiger partial charge in [0.15, 0.2) is 5.78 Å². The predicted octanol–water partition coefficient (Wildman–Crippen LogP) is 4.62. The van der Waals surface area contributed by atoms with E-state index in [4.69, 9.17) is 10.5 Å². The zero-order chi connectivity index (χ0) is 21.4. The van der Waals surface area contributed by atoms with Crippen molar-refractivity contribution in [3.8, 4) is 11.8 Å². The van der Waals surface area contributed by atoms with Gasteiger partial charge in [0.05, 0.1) is 24.7 Å². The van der Waals surface area contributed by atoms with Crippen LogP contribution >= 0.6 is 0 Å². The lowest BCUT2D eigenvalue weighted by molar-refractivity contribution is -0.116. The van der Waals surface area contributed by atoms with E-state index in [0.29, 0.717) is 23.4 Å². The van der Waals surface area contributed by atoms with Gasteiger partial charge < -0.3 is 10.5 Å². The molecule has 0 amide bonds. The minimum absolute atomic E-state index is 0.0972. The van der Waals surface area contributed by atoms with Crippen molar-refractivity contribution in [2.75, 3.05) is 12.0 Å². The number of carbonyl (C=O) groups excluding carboxylic acids is 1. The highest BCUT2D eigenvalue weighted by Crippen LogP contribution is 2.47. The number of allylic oxidation sites excluding steroid dienone is 3. The summed E-state index contributed by atoms with van der Waals surface area (Å²) in [4.78, 5) is 15.0. The molecular weight excluding hydrogens is 374 g/mol. The number of methoxy groups -OCH3 is 1. The van der Waals surface area contributed by atoms with Gasteiger partial charge in [-0.1, -0.05) is 23.8 Å². The molecular formula is C25H25N3O2. The molecule has 0 spiro atoms. The van der Waals surface area contributed by atoms with E-state index in [1.807, 2.05) is 55.1 Å². The molecule has 5 nitrogen and oxygen atoms in total. The largest absolute Gasteiger partial charge is 0.497 e. The molecule has 0 saturated carbocycles. The van der Waals surface area contributed by atoms with Crippen molar-refractivity contribution in [2.24, 2.45) is 5.73 Å². The van der Waals surface area contributed by atoms with Gasteiger partial charge in [-0.25, -0.2) is 0 Å². The van der Waals surface area contributed by atoms with E-state index in [0.717, 1.165) is 46.7 Å². The molecule has 1 aliphatic heterocycles. The number of benzene rings is 2. The lowest BCUT2D eigenvalue weighted by Crippen LogP contribution is -2.38. The Morgan fingerprint density at radius 2 is 1.87 bits per heavy atom. The zero-order valence-electron chi connectivity index (χ0n) is 17.5. The summed E-state index contributed by atoms with van der Waals surface area (Å²) in [6, 6.07) is 16.0. The number of ether oxygens (including phenoxy) is 1. The number of hydrogen-bond acceptors (Lipinski definition) is 5. The van der Waals surface area contributed by atoms with Gasteiger partial charge in [0.2, 0.25) is 0 Å². The van der Waals surface area contributed by atoms with E-state index in [1.54, 1.807) is 7.11 Å². The fourth-order valence-corrected chi connectivity index (χ4v) is 4.57. The van der Waals surface area contributed by atoms with Crippen LogP contribution in [0.1, 0.15) is 41.9 Å². The number of hydrogen-bond donors (Lipinski definition) is 1. The molecule has 0 radical (unpaired) electrons. The molecule has 0 aromatic heterocycles. The highest BCUT2D eigenvalue weighted by Gasteiger charge is 2.40. The van der Waals surface area contributed by atoms with Crippen molar-refractivity contribution in [3.63, 3.8) is 0 Å². The van der Waals surface area contributed by atoms with Crippen LogP contribution in [0.15, 0.2) is 65.1 Å². The summed E-state index contributed by atoms with van der Waals surface area (Å²) >= 11 is 0. The molecule has 2 aromatic carbocycles. The van der Waals surface area contributed by atoms with Gasteiger partial charge in [-0.15, -0.1) is 0 Å². The van der Waals surface area contributed by atoms with Crippen LogP contribution in [-0.2, 0) is 4.79 Å². The molecule has 1 aliphatic carbocycles. The van der Waals surface area contributed by atoms with Crippen molar-refractivity contribution >= 4 is 11.5 Å². The number of carbonyl (C=O) groups is 1. The van der Waals surface area contributed by atoms with Crippen LogP contribution in [0.25, 0.3) is 0 Å². The van der Waals surface area contributed by atoms with Crippen LogP contribution in [0, 0.1) is 25.2 Å². The van der Waals surface area contributed by atoms with Crippen molar-refractivity contribution < 1.29 is 9.53 Å². The van der Waals surface area contributed by atoms with Crippen molar-refractivity contribution in [1.29, 1.82) is 5.26 Å². The zero-order valence-corrected chi connectivity index (χ0v) is 17.5. The first-order valence-electron chi connectivity index (χ1n) is 10.1. The Balaban J connectivity index is 1.95. The van der Waals surface area contributed by atoms with Crippen LogP contribution in [-0.4, -0.2) is 12.9 Å². The summed E-state index contributed by atoms with van der Waals surface area (Å²) in [5.74, 6) is 0.801. The van der Waals surface area contributed by atoms with E-state index >= 15 is 0 Å². The molecule has 1 heterocycles. The van der Waals surface area contributed by atoms with E-state index in [9.17, 15) is 10.1 Å². The number of nitrogens with zero attached hydrogens (tertiary/aromatic N) is 2. The second-order valence-electron chi connectivity index (χ2n) is 7.87. The van der Waals surface area contributed by atoms with E-state index in [-0.39, 0.29) is 5.78 Å². The predicted molar refractivity (Wildman–Crippen MR) is 117 cm³/mol. The molecule has 2 N–H and O–H groups in total. The number of rotatable bonds is 3. The topological polar surface area (TPSA) is 79.3 Å². The Bertz CT molecular complexity index is 1120. The Kier molecular flexibility index (Phi) is 5.09. The minimum atomic E-state index is -0.423. The number of ketones is 1. The van der Waals surface area contributed by atoms with Gasteiger partial charge in [0.1, 0.15) is 11.6 Å². The van der Waals surface area contributed by atoms with Crippen LogP contribution in [0.4, 0.5) is 5.69 Å². The average Bonchev–Trinajstić information content (AvgIpc) is 2.74. The van der Waals surface area contributed by atoms with E-state index < -0.39 is 5.92 Å². The molecule has 1 atom stereocenters. The van der Waals surface area contributed by atoms with Gasteiger partial charge in [-0.3, -0.25) is 9.69 Å². The van der Waals surface area contributed by atoms with Gasteiger partial charge in [-0.2, -0.15) is 5.26 Å². The first kappa shape index (κ1) is 19.8. The summed E-state index contributed by atoms with van der Waals surface area (Å²) in [6.45, 7) is 4.06. The third-order valence-corrected chi connectivity index (χ3v) is 5.98. The maximum atomic E-state index is 13.2. The molecule has 30 heavy (non-hydrogen) atoms. The smallest absolute Gasteiger partial charge is 0.161 e. The molecule has 4 rings (SSSR count). The van der Waals surface area contributed by atoms with Crippen molar-refractivity contribution in [2.45, 2.75) is 39.0 Å². The van der Waals surface area contributed by atoms with E-state index in [2.05, 4.69) is 12.1 Å². The number of anilines is 1. The van der Waals surface area contributed by atoms with Crippen LogP contribution < -0.4 is 15.4 Å².